The van der Waals surface area contributed by atoms with E-state index in [1.165, 1.54) is 19.3 Å². The number of carbonyl (C=O) groups excluding carboxylic acids is 1. The van der Waals surface area contributed by atoms with E-state index in [4.69, 9.17) is 0 Å². The minimum absolute atomic E-state index is 0.298. The first-order valence-corrected chi connectivity index (χ1v) is 6.74. The molecule has 1 aromatic heterocycles. The number of Topliss-reactive ketones (excluding diaryl/α,β-unsaturated/α-hetero) is 1. The van der Waals surface area contributed by atoms with Gasteiger partial charge in [-0.1, -0.05) is 24.6 Å². The number of para-hydroxylation sites is 1. The normalized spacial score (nSPS) is 29.2. The molecule has 2 unspecified atom stereocenters. The number of pyridine rings is 1. The fraction of sp³-hybridized carbons (Fsp3) is 0.375. The molecule has 2 fully saturated rings. The Morgan fingerprint density at radius 3 is 2.72 bits per heavy atom. The third-order valence-corrected chi connectivity index (χ3v) is 4.61. The van der Waals surface area contributed by atoms with Gasteiger partial charge in [-0.3, -0.25) is 9.78 Å². The number of carbonyl (C=O) groups is 1. The van der Waals surface area contributed by atoms with Crippen molar-refractivity contribution in [3.05, 3.63) is 42.1 Å². The highest BCUT2D eigenvalue weighted by Gasteiger charge is 2.56. The Hall–Kier alpha value is -1.70. The highest BCUT2D eigenvalue weighted by atomic mass is 16.1. The summed E-state index contributed by atoms with van der Waals surface area (Å²) in [4.78, 5) is 17.0. The van der Waals surface area contributed by atoms with Gasteiger partial charge in [0.05, 0.1) is 5.52 Å². The molecule has 0 N–H and O–H groups in total. The Morgan fingerprint density at radius 1 is 1.11 bits per heavy atom. The molecule has 0 spiro atoms. The molecule has 0 bridgehead atoms. The van der Waals surface area contributed by atoms with Gasteiger partial charge in [-0.2, -0.15) is 0 Å². The largest absolute Gasteiger partial charge is 0.294 e. The summed E-state index contributed by atoms with van der Waals surface area (Å²) in [6.07, 6.45) is 5.58. The molecule has 2 heteroatoms. The van der Waals surface area contributed by atoms with Crippen LogP contribution in [0.1, 0.15) is 29.6 Å². The third kappa shape index (κ3) is 1.35. The van der Waals surface area contributed by atoms with E-state index in [1.54, 1.807) is 6.20 Å². The minimum Gasteiger partial charge on any atom is -0.294 e. The lowest BCUT2D eigenvalue weighted by molar-refractivity contribution is 0.0953. The molecule has 2 nitrogen and oxygen atoms in total. The second-order valence-corrected chi connectivity index (χ2v) is 5.53. The maximum Gasteiger partial charge on any atom is 0.168 e. The lowest BCUT2D eigenvalue weighted by atomic mass is 9.99. The van der Waals surface area contributed by atoms with E-state index in [-0.39, 0.29) is 0 Å². The fourth-order valence-corrected chi connectivity index (χ4v) is 3.69. The second kappa shape index (κ2) is 3.64. The van der Waals surface area contributed by atoms with Crippen LogP contribution in [-0.2, 0) is 0 Å². The number of benzene rings is 1. The van der Waals surface area contributed by atoms with Crippen LogP contribution in [0.3, 0.4) is 0 Å². The molecule has 2 saturated carbocycles. The molecule has 1 heterocycles. The Balaban J connectivity index is 1.76. The number of nitrogens with zero attached hydrogens (tertiary/aromatic N) is 1. The second-order valence-electron chi connectivity index (χ2n) is 5.53. The number of hydrogen-bond donors (Lipinski definition) is 0. The van der Waals surface area contributed by atoms with Crippen LogP contribution in [0, 0.1) is 17.8 Å². The van der Waals surface area contributed by atoms with Gasteiger partial charge in [0.1, 0.15) is 0 Å². The number of fused-ring (bicyclic) bond motifs is 2. The zero-order chi connectivity index (χ0) is 12.1. The van der Waals surface area contributed by atoms with Crippen molar-refractivity contribution in [2.45, 2.75) is 19.3 Å². The molecule has 0 amide bonds. The van der Waals surface area contributed by atoms with Crippen LogP contribution in [0.2, 0.25) is 0 Å². The van der Waals surface area contributed by atoms with E-state index in [0.717, 1.165) is 16.5 Å². The zero-order valence-electron chi connectivity index (χ0n) is 10.2. The Morgan fingerprint density at radius 2 is 1.89 bits per heavy atom. The summed E-state index contributed by atoms with van der Waals surface area (Å²) in [5.41, 5.74) is 1.70. The SMILES string of the molecule is O=C(c1cccc2cccnc12)C1C2CCCC21. The van der Waals surface area contributed by atoms with E-state index >= 15 is 0 Å². The smallest absolute Gasteiger partial charge is 0.168 e. The van der Waals surface area contributed by atoms with Crippen LogP contribution in [0.4, 0.5) is 0 Å². The summed E-state index contributed by atoms with van der Waals surface area (Å²) in [5, 5.41) is 1.06. The zero-order valence-corrected chi connectivity index (χ0v) is 10.2. The Labute approximate surface area is 106 Å². The standard InChI is InChI=1S/C16H15NO/c18-16(14-11-6-2-7-12(11)14)13-8-1-4-10-5-3-9-17-15(10)13/h1,3-5,8-9,11-12,14H,2,6-7H2. The molecule has 0 radical (unpaired) electrons. The molecule has 2 aromatic rings. The Kier molecular flexibility index (Phi) is 2.07. The van der Waals surface area contributed by atoms with Gasteiger partial charge < -0.3 is 0 Å². The highest BCUT2D eigenvalue weighted by Crippen LogP contribution is 2.58. The van der Waals surface area contributed by atoms with Crippen molar-refractivity contribution in [3.8, 4) is 0 Å². The Bertz CT molecular complexity index is 619. The fourth-order valence-electron chi connectivity index (χ4n) is 3.69. The molecular weight excluding hydrogens is 222 g/mol. The molecule has 4 rings (SSSR count). The summed E-state index contributed by atoms with van der Waals surface area (Å²) < 4.78 is 0. The lowest BCUT2D eigenvalue weighted by Gasteiger charge is -2.06. The summed E-state index contributed by atoms with van der Waals surface area (Å²) in [6.45, 7) is 0. The van der Waals surface area contributed by atoms with Gasteiger partial charge in [-0.05, 0) is 36.8 Å². The average Bonchev–Trinajstić information content (AvgIpc) is 2.90. The topological polar surface area (TPSA) is 30.0 Å². The van der Waals surface area contributed by atoms with E-state index in [0.29, 0.717) is 23.5 Å². The van der Waals surface area contributed by atoms with Gasteiger partial charge in [0.15, 0.2) is 5.78 Å². The van der Waals surface area contributed by atoms with Gasteiger partial charge in [0.25, 0.3) is 0 Å². The van der Waals surface area contributed by atoms with Crippen molar-refractivity contribution >= 4 is 16.7 Å². The van der Waals surface area contributed by atoms with Gasteiger partial charge >= 0.3 is 0 Å². The number of aromatic nitrogens is 1. The molecule has 2 aliphatic carbocycles. The van der Waals surface area contributed by atoms with Crippen molar-refractivity contribution in [1.29, 1.82) is 0 Å². The summed E-state index contributed by atoms with van der Waals surface area (Å²) in [5.74, 6) is 1.98. The van der Waals surface area contributed by atoms with Gasteiger partial charge in [-0.15, -0.1) is 0 Å². The van der Waals surface area contributed by atoms with Crippen LogP contribution in [-0.4, -0.2) is 10.8 Å². The molecule has 0 aliphatic heterocycles. The summed E-state index contributed by atoms with van der Waals surface area (Å²) >= 11 is 0. The van der Waals surface area contributed by atoms with Gasteiger partial charge in [-0.25, -0.2) is 0 Å². The third-order valence-electron chi connectivity index (χ3n) is 4.61. The first-order valence-electron chi connectivity index (χ1n) is 6.74. The predicted molar refractivity (Wildman–Crippen MR) is 70.4 cm³/mol. The minimum atomic E-state index is 0.298. The quantitative estimate of drug-likeness (QED) is 0.749. The van der Waals surface area contributed by atoms with E-state index < -0.39 is 0 Å². The summed E-state index contributed by atoms with van der Waals surface area (Å²) in [6, 6.07) is 9.86. The van der Waals surface area contributed by atoms with Crippen LogP contribution in [0.15, 0.2) is 36.5 Å². The van der Waals surface area contributed by atoms with Gasteiger partial charge in [0, 0.05) is 23.1 Å². The predicted octanol–water partition coefficient (Wildman–Crippen LogP) is 3.46. The first-order chi connectivity index (χ1) is 8.86. The molecule has 1 aromatic carbocycles. The highest BCUT2D eigenvalue weighted by molar-refractivity contribution is 6.09. The molecule has 2 atom stereocenters. The molecule has 90 valence electrons. The van der Waals surface area contributed by atoms with Crippen molar-refractivity contribution in [2.24, 2.45) is 17.8 Å². The van der Waals surface area contributed by atoms with E-state index in [2.05, 4.69) is 4.98 Å². The molecule has 18 heavy (non-hydrogen) atoms. The van der Waals surface area contributed by atoms with Crippen molar-refractivity contribution < 1.29 is 4.79 Å². The molecule has 0 saturated heterocycles. The van der Waals surface area contributed by atoms with E-state index in [1.807, 2.05) is 30.3 Å². The first kappa shape index (κ1) is 10.2. The van der Waals surface area contributed by atoms with Gasteiger partial charge in [0.2, 0.25) is 0 Å². The van der Waals surface area contributed by atoms with Crippen molar-refractivity contribution in [3.63, 3.8) is 0 Å². The van der Waals surface area contributed by atoms with Crippen LogP contribution in [0.25, 0.3) is 10.9 Å². The van der Waals surface area contributed by atoms with Crippen molar-refractivity contribution in [1.82, 2.24) is 4.98 Å². The van der Waals surface area contributed by atoms with Crippen LogP contribution < -0.4 is 0 Å². The molecule has 2 aliphatic rings. The maximum absolute atomic E-state index is 12.6. The monoisotopic (exact) mass is 237 g/mol. The van der Waals surface area contributed by atoms with Crippen LogP contribution >= 0.6 is 0 Å². The average molecular weight is 237 g/mol. The van der Waals surface area contributed by atoms with E-state index in [9.17, 15) is 4.79 Å². The number of rotatable bonds is 2. The van der Waals surface area contributed by atoms with Crippen LogP contribution in [0.5, 0.6) is 0 Å². The lowest BCUT2D eigenvalue weighted by Crippen LogP contribution is -2.07. The molecular formula is C16H15NO. The number of ketones is 1. The van der Waals surface area contributed by atoms with Crippen molar-refractivity contribution in [2.75, 3.05) is 0 Å². The number of hydrogen-bond acceptors (Lipinski definition) is 2. The summed E-state index contributed by atoms with van der Waals surface area (Å²) in [7, 11) is 0. The maximum atomic E-state index is 12.6.